The van der Waals surface area contributed by atoms with E-state index in [1.54, 1.807) is 19.1 Å². The van der Waals surface area contributed by atoms with Gasteiger partial charge in [-0.05, 0) is 36.8 Å². The maximum Gasteiger partial charge on any atom is 0.271 e. The number of nitrogens with zero attached hydrogens (tertiary/aromatic N) is 2. The Hall–Kier alpha value is -3.67. The van der Waals surface area contributed by atoms with Crippen LogP contribution in [-0.2, 0) is 0 Å². The Morgan fingerprint density at radius 3 is 2.41 bits per heavy atom. The summed E-state index contributed by atoms with van der Waals surface area (Å²) in [7, 11) is 0. The first-order valence-electron chi connectivity index (χ1n) is 8.33. The van der Waals surface area contributed by atoms with Crippen molar-refractivity contribution in [3.8, 4) is 22.6 Å². The zero-order chi connectivity index (χ0) is 19.1. The third-order valence-electron chi connectivity index (χ3n) is 4.51. The quantitative estimate of drug-likeness (QED) is 0.580. The maximum atomic E-state index is 13.4. The number of primary amides is 1. The molecule has 2 heterocycles. The highest BCUT2D eigenvalue weighted by atomic mass is 19.1. The second kappa shape index (κ2) is 6.25. The Bertz CT molecular complexity index is 1170. The minimum Gasteiger partial charge on any atom is -0.505 e. The molecule has 1 amide bonds. The predicted molar refractivity (Wildman–Crippen MR) is 101 cm³/mol. The number of pyridine rings is 1. The number of nitrogens with two attached hydrogens (primary N) is 1. The molecule has 5 nitrogen and oxygen atoms in total. The molecule has 0 atom stereocenters. The molecule has 0 aliphatic heterocycles. The van der Waals surface area contributed by atoms with E-state index in [1.807, 2.05) is 41.1 Å². The molecular formula is C21H16FN3O2. The van der Waals surface area contributed by atoms with Gasteiger partial charge in [-0.15, -0.1) is 0 Å². The summed E-state index contributed by atoms with van der Waals surface area (Å²) in [6.45, 7) is 1.74. The molecule has 4 rings (SSSR count). The number of aromatic nitrogens is 2. The largest absolute Gasteiger partial charge is 0.505 e. The van der Waals surface area contributed by atoms with Crippen molar-refractivity contribution in [2.45, 2.75) is 6.92 Å². The van der Waals surface area contributed by atoms with Crippen LogP contribution in [0, 0.1) is 12.7 Å². The van der Waals surface area contributed by atoms with Gasteiger partial charge in [-0.25, -0.2) is 9.37 Å². The lowest BCUT2D eigenvalue weighted by Gasteiger charge is -2.10. The Kier molecular flexibility index (Phi) is 3.88. The molecule has 0 saturated heterocycles. The molecule has 3 N–H and O–H groups in total. The fourth-order valence-electron chi connectivity index (χ4n) is 3.31. The molecule has 0 aliphatic carbocycles. The van der Waals surface area contributed by atoms with Crippen LogP contribution in [-0.4, -0.2) is 20.6 Å². The number of benzene rings is 2. The first-order chi connectivity index (χ1) is 13.0. The zero-order valence-corrected chi connectivity index (χ0v) is 14.5. The molecule has 0 saturated carbocycles. The number of carbonyl (C=O) groups is 1. The highest BCUT2D eigenvalue weighted by molar-refractivity contribution is 6.07. The smallest absolute Gasteiger partial charge is 0.271 e. The van der Waals surface area contributed by atoms with Crippen molar-refractivity contribution in [3.63, 3.8) is 0 Å². The summed E-state index contributed by atoms with van der Waals surface area (Å²) < 4.78 is 15.2. The van der Waals surface area contributed by atoms with Crippen LogP contribution in [0.4, 0.5) is 4.39 Å². The van der Waals surface area contributed by atoms with Crippen molar-refractivity contribution < 1.29 is 14.3 Å². The molecule has 0 aliphatic rings. The van der Waals surface area contributed by atoms with Crippen molar-refractivity contribution in [3.05, 3.63) is 78.0 Å². The van der Waals surface area contributed by atoms with Gasteiger partial charge in [0.2, 0.25) is 0 Å². The standard InChI is InChI=1S/C21H16FN3O2/c1-12-19-17(20(26)18(24-12)21(23)27)16(13-5-3-2-4-6-13)11-25(19)15-9-7-14(22)8-10-15/h2-11,26H,1H3,(H2,23,27). The maximum absolute atomic E-state index is 13.4. The van der Waals surface area contributed by atoms with Crippen LogP contribution in [0.3, 0.4) is 0 Å². The lowest BCUT2D eigenvalue weighted by atomic mass is 10.0. The molecule has 0 radical (unpaired) electrons. The van der Waals surface area contributed by atoms with E-state index < -0.39 is 5.91 Å². The second-order valence-corrected chi connectivity index (χ2v) is 6.24. The van der Waals surface area contributed by atoms with Crippen molar-refractivity contribution in [1.82, 2.24) is 9.55 Å². The normalized spacial score (nSPS) is 11.0. The van der Waals surface area contributed by atoms with Gasteiger partial charge in [-0.1, -0.05) is 30.3 Å². The van der Waals surface area contributed by atoms with E-state index in [-0.39, 0.29) is 17.3 Å². The van der Waals surface area contributed by atoms with E-state index in [0.29, 0.717) is 22.3 Å². The number of amides is 1. The number of halogens is 1. The predicted octanol–water partition coefficient (Wildman–Crippen LogP) is 3.94. The monoisotopic (exact) mass is 361 g/mol. The average Bonchev–Trinajstić information content (AvgIpc) is 3.07. The summed E-state index contributed by atoms with van der Waals surface area (Å²) in [6, 6.07) is 15.5. The van der Waals surface area contributed by atoms with Crippen LogP contribution in [0.1, 0.15) is 16.2 Å². The summed E-state index contributed by atoms with van der Waals surface area (Å²) in [5, 5.41) is 11.2. The summed E-state index contributed by atoms with van der Waals surface area (Å²) in [5.41, 5.74) is 8.67. The molecule has 0 bridgehead atoms. The van der Waals surface area contributed by atoms with Crippen molar-refractivity contribution >= 4 is 16.8 Å². The van der Waals surface area contributed by atoms with Gasteiger partial charge in [0.05, 0.1) is 16.6 Å². The summed E-state index contributed by atoms with van der Waals surface area (Å²) in [5.74, 6) is -1.40. The zero-order valence-electron chi connectivity index (χ0n) is 14.5. The highest BCUT2D eigenvalue weighted by Gasteiger charge is 2.23. The van der Waals surface area contributed by atoms with E-state index in [9.17, 15) is 14.3 Å². The van der Waals surface area contributed by atoms with Gasteiger partial charge in [-0.3, -0.25) is 4.79 Å². The van der Waals surface area contributed by atoms with Crippen LogP contribution in [0.2, 0.25) is 0 Å². The molecule has 27 heavy (non-hydrogen) atoms. The van der Waals surface area contributed by atoms with Crippen LogP contribution in [0.25, 0.3) is 27.7 Å². The summed E-state index contributed by atoms with van der Waals surface area (Å²) in [6.07, 6.45) is 1.84. The molecule has 6 heteroatoms. The lowest BCUT2D eigenvalue weighted by Crippen LogP contribution is -2.14. The van der Waals surface area contributed by atoms with Gasteiger partial charge in [0.15, 0.2) is 11.4 Å². The van der Waals surface area contributed by atoms with Gasteiger partial charge >= 0.3 is 0 Å². The van der Waals surface area contributed by atoms with E-state index >= 15 is 0 Å². The number of rotatable bonds is 3. The van der Waals surface area contributed by atoms with E-state index in [4.69, 9.17) is 5.73 Å². The van der Waals surface area contributed by atoms with Gasteiger partial charge < -0.3 is 15.4 Å². The number of aromatic hydroxyl groups is 1. The number of aryl methyl sites for hydroxylation is 1. The highest BCUT2D eigenvalue weighted by Crippen LogP contribution is 2.40. The average molecular weight is 361 g/mol. The van der Waals surface area contributed by atoms with Crippen molar-refractivity contribution in [1.29, 1.82) is 0 Å². The number of carbonyl (C=O) groups excluding carboxylic acids is 1. The minimum absolute atomic E-state index is 0.172. The molecular weight excluding hydrogens is 345 g/mol. The number of hydrogen-bond acceptors (Lipinski definition) is 3. The lowest BCUT2D eigenvalue weighted by molar-refractivity contribution is 0.0993. The minimum atomic E-state index is -0.800. The summed E-state index contributed by atoms with van der Waals surface area (Å²) in [4.78, 5) is 15.9. The molecule has 0 fully saturated rings. The molecule has 2 aromatic heterocycles. The van der Waals surface area contributed by atoms with Crippen LogP contribution in [0.5, 0.6) is 5.75 Å². The van der Waals surface area contributed by atoms with Gasteiger partial charge in [-0.2, -0.15) is 0 Å². The van der Waals surface area contributed by atoms with Gasteiger partial charge in [0, 0.05) is 17.4 Å². The Morgan fingerprint density at radius 1 is 1.11 bits per heavy atom. The Balaban J connectivity index is 2.13. The van der Waals surface area contributed by atoms with Gasteiger partial charge in [0.25, 0.3) is 5.91 Å². The van der Waals surface area contributed by atoms with E-state index in [1.165, 1.54) is 12.1 Å². The first-order valence-corrected chi connectivity index (χ1v) is 8.33. The summed E-state index contributed by atoms with van der Waals surface area (Å²) >= 11 is 0. The topological polar surface area (TPSA) is 81.1 Å². The third-order valence-corrected chi connectivity index (χ3v) is 4.51. The second-order valence-electron chi connectivity index (χ2n) is 6.24. The fourth-order valence-corrected chi connectivity index (χ4v) is 3.31. The van der Waals surface area contributed by atoms with Crippen molar-refractivity contribution in [2.75, 3.05) is 0 Å². The molecule has 0 unspecified atom stereocenters. The number of hydrogen-bond donors (Lipinski definition) is 2. The molecule has 134 valence electrons. The SMILES string of the molecule is Cc1nc(C(N)=O)c(O)c2c(-c3ccccc3)cn(-c3ccc(F)cc3)c12. The van der Waals surface area contributed by atoms with E-state index in [2.05, 4.69) is 4.98 Å². The molecule has 2 aromatic carbocycles. The first kappa shape index (κ1) is 16.8. The third kappa shape index (κ3) is 2.71. The fraction of sp³-hybridized carbons (Fsp3) is 0.0476. The number of fused-ring (bicyclic) bond motifs is 1. The molecule has 4 aromatic rings. The van der Waals surface area contributed by atoms with Crippen LogP contribution >= 0.6 is 0 Å². The van der Waals surface area contributed by atoms with Crippen molar-refractivity contribution in [2.24, 2.45) is 5.73 Å². The Labute approximate surface area is 154 Å². The van der Waals surface area contributed by atoms with Crippen LogP contribution < -0.4 is 5.73 Å². The van der Waals surface area contributed by atoms with E-state index in [0.717, 1.165) is 11.1 Å². The van der Waals surface area contributed by atoms with Gasteiger partial charge in [0.1, 0.15) is 5.82 Å². The molecule has 0 spiro atoms. The van der Waals surface area contributed by atoms with Crippen LogP contribution in [0.15, 0.2) is 60.8 Å². The Morgan fingerprint density at radius 2 is 1.78 bits per heavy atom.